The fraction of sp³-hybridized carbons (Fsp3) is 0.0889. The number of aromatic hydroxyl groups is 1. The summed E-state index contributed by atoms with van der Waals surface area (Å²) in [4.78, 5) is 12.9. The van der Waals surface area contributed by atoms with E-state index in [1.807, 2.05) is 37.3 Å². The van der Waals surface area contributed by atoms with Gasteiger partial charge in [0.15, 0.2) is 12.5 Å². The zero-order valence-corrected chi connectivity index (χ0v) is 39.4. The lowest BCUT2D eigenvalue weighted by molar-refractivity contribution is -0.432. The molecule has 0 radical (unpaired) electrons. The van der Waals surface area contributed by atoms with Gasteiger partial charge in [-0.1, -0.05) is 28.3 Å². The second-order valence-corrected chi connectivity index (χ2v) is 17.9. The van der Waals surface area contributed by atoms with E-state index >= 15 is 0 Å². The van der Waals surface area contributed by atoms with Crippen LogP contribution in [0.1, 0.15) is 27.0 Å². The van der Waals surface area contributed by atoms with Crippen LogP contribution in [0, 0.1) is 20.8 Å². The summed E-state index contributed by atoms with van der Waals surface area (Å²) in [6, 6.07) is 30.9. The summed E-state index contributed by atoms with van der Waals surface area (Å²) in [6.07, 6.45) is 0. The summed E-state index contributed by atoms with van der Waals surface area (Å²) in [6.45, 7) is 5.54. The third kappa shape index (κ3) is 11.8. The normalized spacial score (nSPS) is 12.0. The largest absolute Gasteiger partial charge is 0.505 e. The number of carboxylic acids is 1. The Labute approximate surface area is 410 Å². The molecule has 8 rings (SSSR count). The number of aromatic nitrogens is 3. The molecule has 0 bridgehead atoms. The Morgan fingerprint density at radius 2 is 1.37 bits per heavy atom. The highest BCUT2D eigenvalue weighted by Gasteiger charge is 2.22. The summed E-state index contributed by atoms with van der Waals surface area (Å²) < 4.78 is 50.0. The van der Waals surface area contributed by atoms with E-state index in [0.717, 1.165) is 16.6 Å². The second kappa shape index (κ2) is 21.9. The first-order valence-corrected chi connectivity index (χ1v) is 23.4. The Hall–Kier alpha value is -7.76. The number of phenols is 1. The number of hydrogen-bond donors (Lipinski definition) is 6. The number of phenolic OH excluding ortho intramolecular Hbond substituents is 1. The molecule has 0 aliphatic rings. The molecule has 0 unspecified atom stereocenters. The van der Waals surface area contributed by atoms with Gasteiger partial charge in [-0.2, -0.15) is 28.9 Å². The van der Waals surface area contributed by atoms with Crippen molar-refractivity contribution in [3.05, 3.63) is 138 Å². The first-order valence-electron chi connectivity index (χ1n) is 20.4. The van der Waals surface area contributed by atoms with Gasteiger partial charge >= 0.3 is 5.97 Å². The van der Waals surface area contributed by atoms with Crippen LogP contribution >= 0.6 is 24.1 Å². The minimum Gasteiger partial charge on any atom is -0.505 e. The van der Waals surface area contributed by atoms with Crippen molar-refractivity contribution in [2.45, 2.75) is 35.5 Å². The number of fused-ring (bicyclic) bond motifs is 2. The second-order valence-electron chi connectivity index (χ2n) is 15.0. The van der Waals surface area contributed by atoms with Crippen LogP contribution in [-0.4, -0.2) is 61.4 Å². The van der Waals surface area contributed by atoms with Crippen LogP contribution in [0.2, 0.25) is 0 Å². The monoisotopic (exact) mass is 1020 g/mol. The predicted octanol–water partition coefficient (Wildman–Crippen LogP) is 12.7. The van der Waals surface area contributed by atoms with E-state index in [2.05, 4.69) is 60.6 Å². The zero-order valence-electron chi connectivity index (χ0n) is 36.9. The highest BCUT2D eigenvalue weighted by molar-refractivity contribution is 7.95. The minimum atomic E-state index is -4.88. The summed E-state index contributed by atoms with van der Waals surface area (Å²) in [5, 5.41) is 84.8. The number of nitrogens with one attached hydrogen (secondary N) is 1. The minimum absolute atomic E-state index is 0.0261. The van der Waals surface area contributed by atoms with Crippen LogP contribution in [0.5, 0.6) is 11.5 Å². The van der Waals surface area contributed by atoms with Crippen LogP contribution < -0.4 is 10.1 Å². The molecular weight excluding hydrogens is 985 g/mol. The number of ether oxygens (including phenoxy) is 1. The molecule has 6 N–H and O–H groups in total. The van der Waals surface area contributed by atoms with E-state index in [1.54, 1.807) is 68.4 Å². The van der Waals surface area contributed by atoms with E-state index in [-0.39, 0.29) is 46.1 Å². The molecule has 7 aromatic carbocycles. The third-order valence-corrected chi connectivity index (χ3v) is 12.3. The van der Waals surface area contributed by atoms with Gasteiger partial charge in [-0.05, 0) is 140 Å². The van der Waals surface area contributed by atoms with Crippen molar-refractivity contribution in [2.24, 2.45) is 30.7 Å². The standard InChI is InChI=1S/C45H36N10O13S3/c1-24-15-29(10-14-34(24)48-51-39-21-37-38(22-42(39)71(61,62)63)54-55(53-37)40-20-31(69-67-65-59)11-13-33(40)45(57)58)47-49-35-16-26(3)36(17-25(35)2)50-52-43-41(70-68-66-60)19-27-18-28(9-12-32(27)44(43)56)46-23-64-30-7-5-4-6-8-30/h4-22,46,56,59-60H,23H2,1-3H3,(H,57,58)(H,61,62,63). The van der Waals surface area contributed by atoms with Crippen LogP contribution in [0.4, 0.5) is 39.8 Å². The van der Waals surface area contributed by atoms with Crippen LogP contribution in [0.25, 0.3) is 27.5 Å². The average Bonchev–Trinajstić information content (AvgIpc) is 3.78. The number of aryl methyl sites for hydroxylation is 3. The van der Waals surface area contributed by atoms with Crippen molar-refractivity contribution in [2.75, 3.05) is 12.0 Å². The van der Waals surface area contributed by atoms with Gasteiger partial charge in [0.1, 0.15) is 38.7 Å². The molecule has 0 amide bonds. The number of para-hydroxylation sites is 1. The lowest BCUT2D eigenvalue weighted by Crippen LogP contribution is -2.08. The number of benzene rings is 7. The highest BCUT2D eigenvalue weighted by Crippen LogP contribution is 2.45. The first-order chi connectivity index (χ1) is 34.2. The van der Waals surface area contributed by atoms with Crippen LogP contribution in [-0.2, 0) is 28.9 Å². The molecule has 0 spiro atoms. The van der Waals surface area contributed by atoms with E-state index in [4.69, 9.17) is 19.6 Å². The maximum absolute atomic E-state index is 12.5. The van der Waals surface area contributed by atoms with Crippen molar-refractivity contribution in [1.29, 1.82) is 0 Å². The average molecular weight is 1020 g/mol. The molecule has 8 aromatic rings. The van der Waals surface area contributed by atoms with Gasteiger partial charge in [-0.3, -0.25) is 4.55 Å². The number of carbonyl (C=O) groups is 1. The molecule has 0 saturated heterocycles. The Bertz CT molecular complexity index is 3530. The molecule has 0 atom stereocenters. The van der Waals surface area contributed by atoms with E-state index in [1.165, 1.54) is 24.3 Å². The van der Waals surface area contributed by atoms with Crippen molar-refractivity contribution < 1.29 is 62.0 Å². The fourth-order valence-corrected chi connectivity index (χ4v) is 8.33. The molecule has 1 aromatic heterocycles. The SMILES string of the molecule is Cc1cc(N=Nc2c(SOOO)cc3cc(NCOc4ccccc4)ccc3c2O)c(C)cc1N=Nc1ccc(N=Nc2cc3nn(-c4cc(SOOO)ccc4C(=O)O)nc3cc2S(=O)(=O)O)c(C)c1. The molecule has 26 heteroatoms. The number of nitrogens with zero attached hydrogens (tertiary/aromatic N) is 9. The maximum Gasteiger partial charge on any atom is 0.337 e. The quantitative estimate of drug-likeness (QED) is 0.0109. The van der Waals surface area contributed by atoms with Crippen LogP contribution in [0.3, 0.4) is 0 Å². The molecule has 1 heterocycles. The molecule has 0 aliphatic heterocycles. The first kappa shape index (κ1) is 49.7. The van der Waals surface area contributed by atoms with Crippen molar-refractivity contribution >= 4 is 102 Å². The van der Waals surface area contributed by atoms with Gasteiger partial charge in [0.2, 0.25) is 0 Å². The number of hydrogen-bond acceptors (Lipinski definition) is 22. The van der Waals surface area contributed by atoms with Crippen molar-refractivity contribution in [3.8, 4) is 17.2 Å². The molecule has 362 valence electrons. The lowest BCUT2D eigenvalue weighted by Gasteiger charge is -2.12. The Balaban J connectivity index is 0.991. The summed E-state index contributed by atoms with van der Waals surface area (Å²) in [5.74, 6) is -0.799. The Morgan fingerprint density at radius 3 is 2.06 bits per heavy atom. The topological polar surface area (TPSA) is 315 Å². The summed E-state index contributed by atoms with van der Waals surface area (Å²) >= 11 is 1.19. The van der Waals surface area contributed by atoms with E-state index in [0.29, 0.717) is 89.8 Å². The number of rotatable bonds is 19. The molecule has 0 aliphatic carbocycles. The molecule has 0 fully saturated rings. The van der Waals surface area contributed by atoms with Gasteiger partial charge in [-0.15, -0.1) is 33.9 Å². The Kier molecular flexibility index (Phi) is 15.3. The molecular formula is C45H36N10O13S3. The van der Waals surface area contributed by atoms with E-state index in [9.17, 15) is 28.0 Å². The van der Waals surface area contributed by atoms with Crippen molar-refractivity contribution in [3.63, 3.8) is 0 Å². The van der Waals surface area contributed by atoms with E-state index < -0.39 is 21.0 Å². The summed E-state index contributed by atoms with van der Waals surface area (Å²) in [7, 11) is -4.88. The lowest BCUT2D eigenvalue weighted by atomic mass is 10.1. The predicted molar refractivity (Wildman–Crippen MR) is 258 cm³/mol. The third-order valence-electron chi connectivity index (χ3n) is 10.3. The number of anilines is 1. The maximum atomic E-state index is 12.5. The van der Waals surface area contributed by atoms with Gasteiger partial charge in [0.05, 0.1) is 57.3 Å². The molecule has 23 nitrogen and oxygen atoms in total. The number of aromatic carboxylic acids is 1. The molecule has 71 heavy (non-hydrogen) atoms. The molecule has 0 saturated carbocycles. The van der Waals surface area contributed by atoms with Gasteiger partial charge in [0, 0.05) is 16.0 Å². The Morgan fingerprint density at radius 1 is 0.704 bits per heavy atom. The summed E-state index contributed by atoms with van der Waals surface area (Å²) in [5.41, 5.74) is 4.03. The van der Waals surface area contributed by atoms with Gasteiger partial charge in [0.25, 0.3) is 10.1 Å². The van der Waals surface area contributed by atoms with Crippen molar-refractivity contribution in [1.82, 2.24) is 15.0 Å². The highest BCUT2D eigenvalue weighted by atomic mass is 32.2. The van der Waals surface area contributed by atoms with Gasteiger partial charge < -0.3 is 20.3 Å². The number of carboxylic acid groups (broad SMARTS) is 1. The van der Waals surface area contributed by atoms with Gasteiger partial charge in [-0.25, -0.2) is 15.3 Å². The zero-order chi connectivity index (χ0) is 50.2. The van der Waals surface area contributed by atoms with Crippen LogP contribution in [0.15, 0.2) is 161 Å². The smallest absolute Gasteiger partial charge is 0.337 e. The fourth-order valence-electron chi connectivity index (χ4n) is 6.82. The number of azo groups is 3.